The molecule has 1 aliphatic rings. The minimum atomic E-state index is -0.520. The Kier molecular flexibility index (Phi) is 8.23. The van der Waals surface area contributed by atoms with E-state index in [1.807, 2.05) is 26.0 Å². The molecule has 0 radical (unpaired) electrons. The maximum Gasteiger partial charge on any atom is 0.260 e. The molecule has 7 nitrogen and oxygen atoms in total. The van der Waals surface area contributed by atoms with Gasteiger partial charge in [0.2, 0.25) is 5.95 Å². The molecule has 1 aromatic heterocycles. The van der Waals surface area contributed by atoms with Crippen molar-refractivity contribution in [1.29, 1.82) is 0 Å². The van der Waals surface area contributed by atoms with Gasteiger partial charge in [-0.2, -0.15) is 0 Å². The van der Waals surface area contributed by atoms with Crippen molar-refractivity contribution in [3.8, 4) is 5.75 Å². The molecule has 168 valence electrons. The summed E-state index contributed by atoms with van der Waals surface area (Å²) in [6.45, 7) is 13.6. The van der Waals surface area contributed by atoms with Gasteiger partial charge in [0, 0.05) is 45.1 Å². The van der Waals surface area contributed by atoms with Crippen molar-refractivity contribution in [3.05, 3.63) is 47.8 Å². The summed E-state index contributed by atoms with van der Waals surface area (Å²) < 4.78 is 6.01. The molecule has 0 saturated carbocycles. The van der Waals surface area contributed by atoms with Crippen LogP contribution in [-0.2, 0) is 4.79 Å². The lowest BCUT2D eigenvalue weighted by Gasteiger charge is -2.34. The Labute approximate surface area is 185 Å². The van der Waals surface area contributed by atoms with Gasteiger partial charge in [0.15, 0.2) is 6.10 Å². The fourth-order valence-electron chi connectivity index (χ4n) is 3.75. The topological polar surface area (TPSA) is 70.6 Å². The van der Waals surface area contributed by atoms with E-state index in [9.17, 15) is 4.79 Å². The second kappa shape index (κ2) is 11.1. The predicted octanol–water partition coefficient (Wildman–Crippen LogP) is 3.00. The summed E-state index contributed by atoms with van der Waals surface area (Å²) in [6.07, 6.45) is 3.96. The summed E-state index contributed by atoms with van der Waals surface area (Å²) in [6, 6.07) is 8.02. The van der Waals surface area contributed by atoms with Gasteiger partial charge in [-0.05, 0) is 56.0 Å². The summed E-state index contributed by atoms with van der Waals surface area (Å²) in [5.74, 6) is 1.89. The zero-order valence-electron chi connectivity index (χ0n) is 19.2. The smallest absolute Gasteiger partial charge is 0.260 e. The normalized spacial score (nSPS) is 15.7. The summed E-state index contributed by atoms with van der Waals surface area (Å²) in [5.41, 5.74) is 2.26. The van der Waals surface area contributed by atoms with Crippen molar-refractivity contribution < 1.29 is 9.53 Å². The summed E-state index contributed by atoms with van der Waals surface area (Å²) in [5, 5.41) is 3.02. The zero-order valence-corrected chi connectivity index (χ0v) is 19.2. The van der Waals surface area contributed by atoms with E-state index < -0.39 is 6.10 Å². The first-order chi connectivity index (χ1) is 14.9. The Morgan fingerprint density at radius 3 is 2.52 bits per heavy atom. The fraction of sp³-hybridized carbons (Fsp3) is 0.542. The van der Waals surface area contributed by atoms with E-state index in [2.05, 4.69) is 51.1 Å². The van der Waals surface area contributed by atoms with E-state index in [0.717, 1.165) is 62.0 Å². The first-order valence-electron chi connectivity index (χ1n) is 11.2. The average Bonchev–Trinajstić information content (AvgIpc) is 2.77. The third-order valence-electron chi connectivity index (χ3n) is 5.62. The summed E-state index contributed by atoms with van der Waals surface area (Å²) in [7, 11) is 0. The van der Waals surface area contributed by atoms with E-state index in [0.29, 0.717) is 12.5 Å². The number of rotatable bonds is 9. The number of benzene rings is 1. The molecule has 2 aromatic rings. The van der Waals surface area contributed by atoms with Gasteiger partial charge in [-0.1, -0.05) is 26.0 Å². The van der Waals surface area contributed by atoms with E-state index in [4.69, 9.17) is 4.74 Å². The SMILES string of the molecule is Cc1ccc(C(C)C)c(OC(C)C(=O)NCCCN2CCN(c3ncccn3)CC2)c1. The molecule has 1 atom stereocenters. The maximum atomic E-state index is 12.5. The lowest BCUT2D eigenvalue weighted by molar-refractivity contribution is -0.127. The van der Waals surface area contributed by atoms with Crippen LogP contribution >= 0.6 is 0 Å². The fourth-order valence-corrected chi connectivity index (χ4v) is 3.75. The Morgan fingerprint density at radius 2 is 1.84 bits per heavy atom. The van der Waals surface area contributed by atoms with Crippen LogP contribution < -0.4 is 15.0 Å². The lowest BCUT2D eigenvalue weighted by Crippen LogP contribution is -2.47. The molecule has 7 heteroatoms. The van der Waals surface area contributed by atoms with Gasteiger partial charge >= 0.3 is 0 Å². The van der Waals surface area contributed by atoms with E-state index >= 15 is 0 Å². The van der Waals surface area contributed by atoms with Gasteiger partial charge < -0.3 is 15.0 Å². The lowest BCUT2D eigenvalue weighted by atomic mass is 10.0. The van der Waals surface area contributed by atoms with Crippen LogP contribution in [0.1, 0.15) is 44.2 Å². The van der Waals surface area contributed by atoms with Gasteiger partial charge in [0.1, 0.15) is 5.75 Å². The van der Waals surface area contributed by atoms with Crippen LogP contribution in [-0.4, -0.2) is 66.1 Å². The highest BCUT2D eigenvalue weighted by Crippen LogP contribution is 2.28. The van der Waals surface area contributed by atoms with Gasteiger partial charge in [-0.15, -0.1) is 0 Å². The molecule has 1 aliphatic heterocycles. The highest BCUT2D eigenvalue weighted by Gasteiger charge is 2.19. The van der Waals surface area contributed by atoms with Crippen LogP contribution in [0.25, 0.3) is 0 Å². The molecule has 0 bridgehead atoms. The second-order valence-corrected chi connectivity index (χ2v) is 8.48. The Hall–Kier alpha value is -2.67. The third kappa shape index (κ3) is 6.66. The highest BCUT2D eigenvalue weighted by molar-refractivity contribution is 5.80. The molecule has 1 saturated heterocycles. The minimum absolute atomic E-state index is 0.0674. The Morgan fingerprint density at radius 1 is 1.13 bits per heavy atom. The molecule has 31 heavy (non-hydrogen) atoms. The standard InChI is InChI=1S/C24H35N5O2/c1-18(2)21-8-7-19(3)17-22(21)31-20(4)23(30)25-11-6-12-28-13-15-29(16-14-28)24-26-9-5-10-27-24/h5,7-10,17-18,20H,6,11-16H2,1-4H3,(H,25,30). The number of aryl methyl sites for hydroxylation is 1. The number of hydrogen-bond donors (Lipinski definition) is 1. The number of anilines is 1. The van der Waals surface area contributed by atoms with Crippen molar-refractivity contribution in [2.24, 2.45) is 0 Å². The molecule has 0 spiro atoms. The van der Waals surface area contributed by atoms with Crippen molar-refractivity contribution in [2.75, 3.05) is 44.2 Å². The van der Waals surface area contributed by atoms with Gasteiger partial charge in [0.05, 0.1) is 0 Å². The van der Waals surface area contributed by atoms with Crippen molar-refractivity contribution in [2.45, 2.75) is 46.1 Å². The maximum absolute atomic E-state index is 12.5. The van der Waals surface area contributed by atoms with Gasteiger partial charge in [-0.3, -0.25) is 9.69 Å². The monoisotopic (exact) mass is 425 g/mol. The number of aromatic nitrogens is 2. The number of nitrogens with zero attached hydrogens (tertiary/aromatic N) is 4. The van der Waals surface area contributed by atoms with Gasteiger partial charge in [-0.25, -0.2) is 9.97 Å². The average molecular weight is 426 g/mol. The van der Waals surface area contributed by atoms with Crippen LogP contribution in [0.15, 0.2) is 36.7 Å². The molecule has 2 heterocycles. The molecule has 0 aliphatic carbocycles. The van der Waals surface area contributed by atoms with E-state index in [-0.39, 0.29) is 5.91 Å². The number of hydrogen-bond acceptors (Lipinski definition) is 6. The van der Waals surface area contributed by atoms with Crippen molar-refractivity contribution in [1.82, 2.24) is 20.2 Å². The van der Waals surface area contributed by atoms with E-state index in [1.54, 1.807) is 12.4 Å². The van der Waals surface area contributed by atoms with Crippen LogP contribution in [0.4, 0.5) is 5.95 Å². The van der Waals surface area contributed by atoms with Crippen molar-refractivity contribution >= 4 is 11.9 Å². The molecule has 1 aromatic carbocycles. The number of carbonyl (C=O) groups excluding carboxylic acids is 1. The molecular formula is C24H35N5O2. The minimum Gasteiger partial charge on any atom is -0.481 e. The number of ether oxygens (including phenoxy) is 1. The molecule has 1 amide bonds. The Bertz CT molecular complexity index is 835. The quantitative estimate of drug-likeness (QED) is 0.623. The first-order valence-corrected chi connectivity index (χ1v) is 11.2. The van der Waals surface area contributed by atoms with Crippen LogP contribution in [0, 0.1) is 6.92 Å². The number of nitrogens with one attached hydrogen (secondary N) is 1. The molecule has 1 N–H and O–H groups in total. The van der Waals surface area contributed by atoms with Gasteiger partial charge in [0.25, 0.3) is 5.91 Å². The molecule has 3 rings (SSSR count). The van der Waals surface area contributed by atoms with Crippen LogP contribution in [0.5, 0.6) is 5.75 Å². The first kappa shape index (κ1) is 23.0. The predicted molar refractivity (Wildman–Crippen MR) is 124 cm³/mol. The Balaban J connectivity index is 1.36. The number of piperazine rings is 1. The molecular weight excluding hydrogens is 390 g/mol. The summed E-state index contributed by atoms with van der Waals surface area (Å²) in [4.78, 5) is 25.8. The zero-order chi connectivity index (χ0) is 22.2. The second-order valence-electron chi connectivity index (χ2n) is 8.48. The van der Waals surface area contributed by atoms with Crippen LogP contribution in [0.3, 0.4) is 0 Å². The third-order valence-corrected chi connectivity index (χ3v) is 5.62. The van der Waals surface area contributed by atoms with E-state index in [1.165, 1.54) is 0 Å². The largest absolute Gasteiger partial charge is 0.481 e. The molecule has 1 unspecified atom stereocenters. The van der Waals surface area contributed by atoms with Crippen molar-refractivity contribution in [3.63, 3.8) is 0 Å². The molecule has 1 fully saturated rings. The number of carbonyl (C=O) groups is 1. The van der Waals surface area contributed by atoms with Crippen LogP contribution in [0.2, 0.25) is 0 Å². The highest BCUT2D eigenvalue weighted by atomic mass is 16.5. The number of amides is 1. The summed E-state index contributed by atoms with van der Waals surface area (Å²) >= 11 is 0.